The Kier molecular flexibility index (Phi) is 3.73. The first-order valence-electron chi connectivity index (χ1n) is 5.50. The fourth-order valence-electron chi connectivity index (χ4n) is 1.72. The van der Waals surface area contributed by atoms with Gasteiger partial charge in [0.05, 0.1) is 5.69 Å². The van der Waals surface area contributed by atoms with Crippen LogP contribution in [0.3, 0.4) is 0 Å². The van der Waals surface area contributed by atoms with E-state index in [1.807, 2.05) is 18.3 Å². The van der Waals surface area contributed by atoms with Crippen LogP contribution in [0.1, 0.15) is 18.9 Å². The average Bonchev–Trinajstić information content (AvgIpc) is 2.30. The van der Waals surface area contributed by atoms with Gasteiger partial charge < -0.3 is 0 Å². The van der Waals surface area contributed by atoms with Crippen LogP contribution >= 0.6 is 15.9 Å². The summed E-state index contributed by atoms with van der Waals surface area (Å²) in [5, 5.41) is 0. The molecule has 1 aromatic heterocycles. The summed E-state index contributed by atoms with van der Waals surface area (Å²) >= 11 is 3.48. The van der Waals surface area contributed by atoms with Crippen molar-refractivity contribution in [3.63, 3.8) is 0 Å². The Morgan fingerprint density at radius 3 is 2.81 bits per heavy atom. The van der Waals surface area contributed by atoms with Gasteiger partial charge in [-0.25, -0.2) is 0 Å². The number of benzene rings is 1. The number of pyridine rings is 1. The molecule has 2 rings (SSSR count). The Balaban J connectivity index is 2.36. The number of hydrogen-bond donors (Lipinski definition) is 0. The Morgan fingerprint density at radius 2 is 2.06 bits per heavy atom. The topological polar surface area (TPSA) is 12.9 Å². The molecule has 82 valence electrons. The van der Waals surface area contributed by atoms with Crippen LogP contribution in [0.2, 0.25) is 0 Å². The van der Waals surface area contributed by atoms with E-state index in [1.54, 1.807) is 0 Å². The average molecular weight is 276 g/mol. The van der Waals surface area contributed by atoms with Crippen molar-refractivity contribution in [2.75, 3.05) is 0 Å². The first-order valence-corrected chi connectivity index (χ1v) is 6.30. The van der Waals surface area contributed by atoms with Gasteiger partial charge in [-0.2, -0.15) is 0 Å². The standard InChI is InChI=1S/C14H14BrN/c1-2-4-11-7-8-16-14(9-11)12-5-3-6-13(15)10-12/h3,5-10H,2,4H2,1H3. The Morgan fingerprint density at radius 1 is 1.19 bits per heavy atom. The van der Waals surface area contributed by atoms with Crippen LogP contribution in [0.5, 0.6) is 0 Å². The van der Waals surface area contributed by atoms with E-state index in [4.69, 9.17) is 0 Å². The third-order valence-corrected chi connectivity index (χ3v) is 2.98. The molecular formula is C14H14BrN. The third kappa shape index (κ3) is 2.70. The molecule has 0 aliphatic heterocycles. The normalized spacial score (nSPS) is 10.4. The largest absolute Gasteiger partial charge is 0.256 e. The second kappa shape index (κ2) is 5.26. The van der Waals surface area contributed by atoms with E-state index in [-0.39, 0.29) is 0 Å². The molecule has 0 fully saturated rings. The number of nitrogens with zero attached hydrogens (tertiary/aromatic N) is 1. The first-order chi connectivity index (χ1) is 7.79. The molecule has 0 saturated heterocycles. The molecule has 0 unspecified atom stereocenters. The zero-order chi connectivity index (χ0) is 11.4. The van der Waals surface area contributed by atoms with Gasteiger partial charge in [0.25, 0.3) is 0 Å². The van der Waals surface area contributed by atoms with Crippen LogP contribution in [0.15, 0.2) is 47.1 Å². The Bertz CT molecular complexity index is 480. The van der Waals surface area contributed by atoms with Crippen molar-refractivity contribution in [3.05, 3.63) is 52.6 Å². The molecule has 0 aliphatic carbocycles. The maximum Gasteiger partial charge on any atom is 0.0705 e. The summed E-state index contributed by atoms with van der Waals surface area (Å²) in [6.45, 7) is 2.19. The van der Waals surface area contributed by atoms with Crippen molar-refractivity contribution in [1.29, 1.82) is 0 Å². The molecule has 0 spiro atoms. The first kappa shape index (κ1) is 11.3. The molecule has 2 aromatic rings. The molecule has 0 bridgehead atoms. The van der Waals surface area contributed by atoms with Crippen molar-refractivity contribution in [2.45, 2.75) is 19.8 Å². The summed E-state index contributed by atoms with van der Waals surface area (Å²) in [5.41, 5.74) is 3.56. The predicted molar refractivity (Wildman–Crippen MR) is 71.4 cm³/mol. The van der Waals surface area contributed by atoms with Gasteiger partial charge in [-0.1, -0.05) is 41.4 Å². The second-order valence-electron chi connectivity index (χ2n) is 3.81. The highest BCUT2D eigenvalue weighted by Gasteiger charge is 2.00. The fourth-order valence-corrected chi connectivity index (χ4v) is 2.12. The van der Waals surface area contributed by atoms with Crippen LogP contribution in [-0.2, 0) is 6.42 Å². The third-order valence-electron chi connectivity index (χ3n) is 2.48. The van der Waals surface area contributed by atoms with Crippen molar-refractivity contribution >= 4 is 15.9 Å². The van der Waals surface area contributed by atoms with E-state index < -0.39 is 0 Å². The Hall–Kier alpha value is -1.15. The lowest BCUT2D eigenvalue weighted by Crippen LogP contribution is -1.88. The summed E-state index contributed by atoms with van der Waals surface area (Å²) in [4.78, 5) is 4.41. The quantitative estimate of drug-likeness (QED) is 0.806. The Labute approximate surface area is 105 Å². The van der Waals surface area contributed by atoms with Gasteiger partial charge in [-0.15, -0.1) is 0 Å². The van der Waals surface area contributed by atoms with Gasteiger partial charge in [0, 0.05) is 16.2 Å². The highest BCUT2D eigenvalue weighted by Crippen LogP contribution is 2.22. The van der Waals surface area contributed by atoms with E-state index in [9.17, 15) is 0 Å². The van der Waals surface area contributed by atoms with Crippen LogP contribution in [0.25, 0.3) is 11.3 Å². The van der Waals surface area contributed by atoms with E-state index in [0.29, 0.717) is 0 Å². The smallest absolute Gasteiger partial charge is 0.0705 e. The molecule has 0 atom stereocenters. The summed E-state index contributed by atoms with van der Waals surface area (Å²) in [6.07, 6.45) is 4.17. The maximum absolute atomic E-state index is 4.41. The molecule has 1 nitrogen and oxygen atoms in total. The van der Waals surface area contributed by atoms with Gasteiger partial charge in [0.1, 0.15) is 0 Å². The SMILES string of the molecule is CCCc1ccnc(-c2cccc(Br)c2)c1. The summed E-state index contributed by atoms with van der Waals surface area (Å²) in [5.74, 6) is 0. The predicted octanol–water partition coefficient (Wildman–Crippen LogP) is 4.46. The van der Waals surface area contributed by atoms with E-state index in [1.165, 1.54) is 12.0 Å². The van der Waals surface area contributed by atoms with Gasteiger partial charge in [0.2, 0.25) is 0 Å². The molecule has 0 aliphatic rings. The molecule has 0 saturated carbocycles. The van der Waals surface area contributed by atoms with Gasteiger partial charge in [-0.3, -0.25) is 4.98 Å². The minimum atomic E-state index is 1.05. The van der Waals surface area contributed by atoms with Crippen LogP contribution in [0.4, 0.5) is 0 Å². The van der Waals surface area contributed by atoms with Crippen molar-refractivity contribution < 1.29 is 0 Å². The van der Waals surface area contributed by atoms with E-state index in [0.717, 1.165) is 22.2 Å². The molecule has 0 N–H and O–H groups in total. The van der Waals surface area contributed by atoms with E-state index in [2.05, 4.69) is 52.1 Å². The van der Waals surface area contributed by atoms with E-state index >= 15 is 0 Å². The maximum atomic E-state index is 4.41. The van der Waals surface area contributed by atoms with Gasteiger partial charge >= 0.3 is 0 Å². The van der Waals surface area contributed by atoms with Crippen LogP contribution in [-0.4, -0.2) is 4.98 Å². The van der Waals surface area contributed by atoms with Crippen LogP contribution in [0, 0.1) is 0 Å². The fraction of sp³-hybridized carbons (Fsp3) is 0.214. The summed E-state index contributed by atoms with van der Waals surface area (Å²) in [6, 6.07) is 12.5. The molecule has 0 amide bonds. The highest BCUT2D eigenvalue weighted by atomic mass is 79.9. The molecule has 2 heteroatoms. The monoisotopic (exact) mass is 275 g/mol. The summed E-state index contributed by atoms with van der Waals surface area (Å²) < 4.78 is 1.09. The molecular weight excluding hydrogens is 262 g/mol. The van der Waals surface area contributed by atoms with Gasteiger partial charge in [0.15, 0.2) is 0 Å². The lowest BCUT2D eigenvalue weighted by Gasteiger charge is -2.04. The minimum absolute atomic E-state index is 1.05. The molecule has 1 aromatic carbocycles. The second-order valence-corrected chi connectivity index (χ2v) is 4.73. The summed E-state index contributed by atoms with van der Waals surface area (Å²) in [7, 11) is 0. The number of hydrogen-bond acceptors (Lipinski definition) is 1. The number of aromatic nitrogens is 1. The number of halogens is 1. The van der Waals surface area contributed by atoms with Gasteiger partial charge in [-0.05, 0) is 36.2 Å². The number of rotatable bonds is 3. The minimum Gasteiger partial charge on any atom is -0.256 e. The zero-order valence-electron chi connectivity index (χ0n) is 9.28. The number of aryl methyl sites for hydroxylation is 1. The molecule has 1 heterocycles. The van der Waals surface area contributed by atoms with Crippen molar-refractivity contribution in [2.24, 2.45) is 0 Å². The van der Waals surface area contributed by atoms with Crippen LogP contribution < -0.4 is 0 Å². The molecule has 0 radical (unpaired) electrons. The molecule has 16 heavy (non-hydrogen) atoms. The zero-order valence-corrected chi connectivity index (χ0v) is 10.9. The van der Waals surface area contributed by atoms with Crippen molar-refractivity contribution in [1.82, 2.24) is 4.98 Å². The lowest BCUT2D eigenvalue weighted by atomic mass is 10.1. The highest BCUT2D eigenvalue weighted by molar-refractivity contribution is 9.10. The van der Waals surface area contributed by atoms with Crippen molar-refractivity contribution in [3.8, 4) is 11.3 Å². The lowest BCUT2D eigenvalue weighted by molar-refractivity contribution is 0.919.